The Morgan fingerprint density at radius 1 is 0.900 bits per heavy atom. The van der Waals surface area contributed by atoms with Crippen LogP contribution >= 0.6 is 0 Å². The summed E-state index contributed by atoms with van der Waals surface area (Å²) in [4.78, 5) is 8.27. The van der Waals surface area contributed by atoms with E-state index in [1.54, 1.807) is 12.1 Å². The molecule has 0 saturated heterocycles. The molecule has 0 aliphatic rings. The molecule has 3 rings (SSSR count). The van der Waals surface area contributed by atoms with E-state index in [9.17, 15) is 18.4 Å². The predicted octanol–water partition coefficient (Wildman–Crippen LogP) is 4.80. The first-order chi connectivity index (χ1) is 14.5. The van der Waals surface area contributed by atoms with Crippen LogP contribution in [0.2, 0.25) is 0 Å². The van der Waals surface area contributed by atoms with Gasteiger partial charge in [0.1, 0.15) is 6.07 Å². The minimum Gasteiger partial charge on any atom is -0.316 e. The molecule has 0 radical (unpaired) electrons. The molecule has 7 heteroatoms. The van der Waals surface area contributed by atoms with Crippen LogP contribution in [-0.4, -0.2) is 23.1 Å². The van der Waals surface area contributed by atoms with Crippen LogP contribution in [0.15, 0.2) is 60.7 Å². The fourth-order valence-electron chi connectivity index (χ4n) is 3.08. The molecule has 0 unspecified atom stereocenters. The number of hydrogen-bond acceptors (Lipinski definition) is 4. The maximum Gasteiger partial charge on any atom is 0.416 e. The predicted molar refractivity (Wildman–Crippen MR) is 109 cm³/mol. The second-order valence-corrected chi connectivity index (χ2v) is 6.85. The van der Waals surface area contributed by atoms with Crippen molar-refractivity contribution in [1.82, 2.24) is 15.3 Å². The zero-order valence-corrected chi connectivity index (χ0v) is 16.3. The van der Waals surface area contributed by atoms with Crippen LogP contribution < -0.4 is 5.32 Å². The van der Waals surface area contributed by atoms with Gasteiger partial charge in [-0.3, -0.25) is 0 Å². The molecule has 3 aromatic rings. The van der Waals surface area contributed by atoms with E-state index < -0.39 is 11.7 Å². The summed E-state index contributed by atoms with van der Waals surface area (Å²) >= 11 is 0. The third-order valence-electron chi connectivity index (χ3n) is 4.58. The highest BCUT2D eigenvalue weighted by atomic mass is 19.4. The van der Waals surface area contributed by atoms with Gasteiger partial charge in [-0.1, -0.05) is 42.5 Å². The minimum absolute atomic E-state index is 0.0445. The fraction of sp³-hybridized carbons (Fsp3) is 0.261. The average Bonchev–Trinajstić information content (AvgIpc) is 2.76. The normalized spacial score (nSPS) is 11.3. The zero-order chi connectivity index (χ0) is 21.4. The Labute approximate surface area is 173 Å². The maximum absolute atomic E-state index is 13.0. The van der Waals surface area contributed by atoms with Crippen molar-refractivity contribution in [2.45, 2.75) is 25.4 Å². The highest BCUT2D eigenvalue weighted by molar-refractivity contribution is 5.61. The van der Waals surface area contributed by atoms with Gasteiger partial charge >= 0.3 is 6.18 Å². The number of nitrogens with one attached hydrogen (secondary N) is 1. The van der Waals surface area contributed by atoms with Gasteiger partial charge in [0.15, 0.2) is 0 Å². The lowest BCUT2D eigenvalue weighted by molar-refractivity contribution is -0.137. The summed E-state index contributed by atoms with van der Waals surface area (Å²) in [5.74, 6) is -0.0445. The topological polar surface area (TPSA) is 61.6 Å². The van der Waals surface area contributed by atoms with Crippen LogP contribution in [0.4, 0.5) is 13.2 Å². The summed E-state index contributed by atoms with van der Waals surface area (Å²) in [7, 11) is 0. The summed E-state index contributed by atoms with van der Waals surface area (Å²) in [5.41, 5.74) is 1.79. The third-order valence-corrected chi connectivity index (χ3v) is 4.58. The van der Waals surface area contributed by atoms with Gasteiger partial charge in [-0.2, -0.15) is 18.4 Å². The summed E-state index contributed by atoms with van der Waals surface area (Å²) < 4.78 is 39.0. The summed E-state index contributed by atoms with van der Waals surface area (Å²) in [5, 5.41) is 12.6. The average molecular weight is 410 g/mol. The van der Waals surface area contributed by atoms with Gasteiger partial charge in [0, 0.05) is 11.3 Å². The first kappa shape index (κ1) is 21.5. The van der Waals surface area contributed by atoms with Crippen molar-refractivity contribution < 1.29 is 13.2 Å². The van der Waals surface area contributed by atoms with E-state index >= 15 is 0 Å². The van der Waals surface area contributed by atoms with Gasteiger partial charge in [0.2, 0.25) is 5.82 Å². The van der Waals surface area contributed by atoms with Crippen molar-refractivity contribution in [1.29, 1.82) is 5.26 Å². The van der Waals surface area contributed by atoms with Crippen molar-refractivity contribution in [3.63, 3.8) is 0 Å². The molecule has 1 heterocycles. The lowest BCUT2D eigenvalue weighted by Crippen LogP contribution is -2.19. The van der Waals surface area contributed by atoms with Crippen LogP contribution in [0.5, 0.6) is 0 Å². The quantitative estimate of drug-likeness (QED) is 0.542. The number of alkyl halides is 3. The van der Waals surface area contributed by atoms with Gasteiger partial charge in [-0.05, 0) is 56.1 Å². The van der Waals surface area contributed by atoms with Crippen LogP contribution in [0.25, 0.3) is 11.3 Å². The van der Waals surface area contributed by atoms with Crippen LogP contribution in [0.1, 0.15) is 29.1 Å². The number of halogens is 3. The van der Waals surface area contributed by atoms with E-state index in [2.05, 4.69) is 27.4 Å². The molecule has 0 saturated carbocycles. The van der Waals surface area contributed by atoms with E-state index in [4.69, 9.17) is 0 Å². The second kappa shape index (κ2) is 9.99. The molecular weight excluding hydrogens is 389 g/mol. The lowest BCUT2D eigenvalue weighted by atomic mass is 10.1. The van der Waals surface area contributed by atoms with Gasteiger partial charge in [-0.15, -0.1) is 0 Å². The zero-order valence-electron chi connectivity index (χ0n) is 16.3. The second-order valence-electron chi connectivity index (χ2n) is 6.85. The monoisotopic (exact) mass is 410 g/mol. The Morgan fingerprint density at radius 3 is 2.43 bits per heavy atom. The SMILES string of the molecule is N#Cc1nc(CCCNCCc2ccccc2)cc(-c2cccc(C(F)(F)F)c2)n1. The van der Waals surface area contributed by atoms with Gasteiger partial charge in [0.25, 0.3) is 0 Å². The highest BCUT2D eigenvalue weighted by Crippen LogP contribution is 2.31. The highest BCUT2D eigenvalue weighted by Gasteiger charge is 2.30. The Kier molecular flexibility index (Phi) is 7.15. The molecule has 4 nitrogen and oxygen atoms in total. The summed E-state index contributed by atoms with van der Waals surface area (Å²) in [6.07, 6.45) is -2.11. The van der Waals surface area contributed by atoms with Crippen LogP contribution in [0, 0.1) is 11.3 Å². The minimum atomic E-state index is -4.44. The number of benzene rings is 2. The first-order valence-corrected chi connectivity index (χ1v) is 9.66. The van der Waals surface area contributed by atoms with Crippen LogP contribution in [0.3, 0.4) is 0 Å². The molecule has 1 N–H and O–H groups in total. The standard InChI is InChI=1S/C23H21F3N4/c24-23(25,26)19-9-4-8-18(14-19)21-15-20(29-22(16-27)30-21)10-5-12-28-13-11-17-6-2-1-3-7-17/h1-4,6-9,14-15,28H,5,10-13H2. The van der Waals surface area contributed by atoms with E-state index in [1.165, 1.54) is 11.6 Å². The number of nitriles is 1. The molecule has 0 fully saturated rings. The van der Waals surface area contributed by atoms with E-state index in [1.807, 2.05) is 24.3 Å². The molecule has 0 atom stereocenters. The van der Waals surface area contributed by atoms with E-state index in [0.717, 1.165) is 38.1 Å². The first-order valence-electron chi connectivity index (χ1n) is 9.66. The number of nitrogens with zero attached hydrogens (tertiary/aromatic N) is 3. The summed E-state index contributed by atoms with van der Waals surface area (Å²) in [6.45, 7) is 1.63. The molecular formula is C23H21F3N4. The number of aromatic nitrogens is 2. The van der Waals surface area contributed by atoms with Crippen molar-refractivity contribution in [2.24, 2.45) is 0 Å². The van der Waals surface area contributed by atoms with Crippen molar-refractivity contribution in [3.8, 4) is 17.3 Å². The van der Waals surface area contributed by atoms with Crippen molar-refractivity contribution in [3.05, 3.63) is 83.3 Å². The van der Waals surface area contributed by atoms with E-state index in [0.29, 0.717) is 23.4 Å². The number of aryl methyl sites for hydroxylation is 1. The molecule has 0 aliphatic heterocycles. The molecule has 0 spiro atoms. The molecule has 2 aromatic carbocycles. The molecule has 1 aromatic heterocycles. The Balaban J connectivity index is 1.60. The van der Waals surface area contributed by atoms with Crippen molar-refractivity contribution in [2.75, 3.05) is 13.1 Å². The van der Waals surface area contributed by atoms with Gasteiger partial charge < -0.3 is 5.32 Å². The van der Waals surface area contributed by atoms with Gasteiger partial charge in [0.05, 0.1) is 11.3 Å². The van der Waals surface area contributed by atoms with Gasteiger partial charge in [-0.25, -0.2) is 9.97 Å². The molecule has 154 valence electrons. The molecule has 30 heavy (non-hydrogen) atoms. The third kappa shape index (κ3) is 6.13. The fourth-order valence-corrected chi connectivity index (χ4v) is 3.08. The molecule has 0 bridgehead atoms. The smallest absolute Gasteiger partial charge is 0.316 e. The molecule has 0 aliphatic carbocycles. The number of hydrogen-bond donors (Lipinski definition) is 1. The largest absolute Gasteiger partial charge is 0.416 e. The number of rotatable bonds is 8. The van der Waals surface area contributed by atoms with Crippen LogP contribution in [-0.2, 0) is 19.0 Å². The Morgan fingerprint density at radius 2 is 1.70 bits per heavy atom. The van der Waals surface area contributed by atoms with Crippen molar-refractivity contribution >= 4 is 0 Å². The Bertz CT molecular complexity index is 1010. The Hall–Kier alpha value is -3.24. The summed E-state index contributed by atoms with van der Waals surface area (Å²) in [6, 6.07) is 18.7. The lowest BCUT2D eigenvalue weighted by Gasteiger charge is -2.10. The van der Waals surface area contributed by atoms with E-state index in [-0.39, 0.29) is 5.82 Å². The molecule has 0 amide bonds. The maximum atomic E-state index is 13.0.